The smallest absolute Gasteiger partial charge is 0.106 e. The molecule has 0 aliphatic heterocycles. The molecule has 0 radical (unpaired) electrons. The van der Waals surface area contributed by atoms with Crippen LogP contribution in [0.5, 0.6) is 0 Å². The van der Waals surface area contributed by atoms with Crippen LogP contribution in [0.25, 0.3) is 0 Å². The van der Waals surface area contributed by atoms with Crippen LogP contribution in [0, 0.1) is 0 Å². The minimum absolute atomic E-state index is 0. The summed E-state index contributed by atoms with van der Waals surface area (Å²) in [6.45, 7) is 0.774. The van der Waals surface area contributed by atoms with Crippen molar-refractivity contribution in [2.45, 2.75) is 11.4 Å². The maximum absolute atomic E-state index is 5.37. The fraction of sp³-hybridized carbons (Fsp3) is 0.375. The van der Waals surface area contributed by atoms with E-state index >= 15 is 0 Å². The number of halogens is 1. The quantitative estimate of drug-likeness (QED) is 0.630. The minimum Gasteiger partial charge on any atom is -0.330 e. The number of aromatic nitrogens is 1. The first-order valence-electron chi connectivity index (χ1n) is 3.84. The first-order valence-corrected chi connectivity index (χ1v) is 6.16. The molecular weight excluding hydrogens is 224 g/mol. The normalized spacial score (nSPS) is 9.31. The second kappa shape index (κ2) is 8.69. The zero-order valence-corrected chi connectivity index (χ0v) is 9.63. The molecule has 2 nitrogen and oxygen atoms in total. The van der Waals surface area contributed by atoms with E-state index in [4.69, 9.17) is 5.73 Å². The third kappa shape index (κ3) is 6.21. The molecule has 0 aromatic carbocycles. The molecule has 2 N–H and O–H groups in total. The van der Waals surface area contributed by atoms with Crippen LogP contribution in [-0.4, -0.2) is 17.3 Å². The Bertz CT molecular complexity index is 209. The van der Waals surface area contributed by atoms with Crippen LogP contribution < -0.4 is 5.73 Å². The number of nitrogens with two attached hydrogens (primary N) is 1. The summed E-state index contributed by atoms with van der Waals surface area (Å²) in [6, 6.07) is 5.94. The molecule has 0 unspecified atom stereocenters. The van der Waals surface area contributed by atoms with Gasteiger partial charge >= 0.3 is 0 Å². The van der Waals surface area contributed by atoms with Gasteiger partial charge in [0.2, 0.25) is 0 Å². The van der Waals surface area contributed by atoms with Crippen molar-refractivity contribution in [3.63, 3.8) is 0 Å². The highest BCUT2D eigenvalue weighted by atomic mass is 35.5. The lowest BCUT2D eigenvalue weighted by molar-refractivity contribution is 0.945. The van der Waals surface area contributed by atoms with Crippen molar-refractivity contribution in [1.82, 2.24) is 4.98 Å². The number of rotatable bonds is 5. The van der Waals surface area contributed by atoms with Crippen LogP contribution in [0.15, 0.2) is 29.4 Å². The molecule has 0 saturated heterocycles. The molecule has 1 aromatic rings. The predicted molar refractivity (Wildman–Crippen MR) is 63.5 cm³/mol. The number of pyridine rings is 1. The highest BCUT2D eigenvalue weighted by Crippen LogP contribution is 2.28. The van der Waals surface area contributed by atoms with Crippen LogP contribution in [0.2, 0.25) is 0 Å². The molecule has 0 amide bonds. The fourth-order valence-corrected chi connectivity index (χ4v) is 2.63. The van der Waals surface area contributed by atoms with Gasteiger partial charge in [0, 0.05) is 11.9 Å². The fourth-order valence-electron chi connectivity index (χ4n) is 0.641. The van der Waals surface area contributed by atoms with Crippen molar-refractivity contribution in [1.29, 1.82) is 0 Å². The van der Waals surface area contributed by atoms with E-state index in [-0.39, 0.29) is 12.4 Å². The van der Waals surface area contributed by atoms with E-state index in [0.29, 0.717) is 0 Å². The SMILES string of the molecule is Cl.NCCCSSc1ccccn1. The predicted octanol–water partition coefficient (Wildman–Crippen LogP) is 2.59. The van der Waals surface area contributed by atoms with Gasteiger partial charge in [0.15, 0.2) is 0 Å². The standard InChI is InChI=1S/C8H12N2S2.ClH/c9-5-3-7-11-12-8-4-1-2-6-10-8;/h1-2,4,6H,3,5,7,9H2;1H. The summed E-state index contributed by atoms with van der Waals surface area (Å²) in [5.74, 6) is 1.09. The highest BCUT2D eigenvalue weighted by molar-refractivity contribution is 8.76. The van der Waals surface area contributed by atoms with Crippen molar-refractivity contribution in [3.8, 4) is 0 Å². The molecular formula is C8H13ClN2S2. The second-order valence-electron chi connectivity index (χ2n) is 2.22. The molecule has 13 heavy (non-hydrogen) atoms. The van der Waals surface area contributed by atoms with E-state index in [9.17, 15) is 0 Å². The van der Waals surface area contributed by atoms with E-state index < -0.39 is 0 Å². The number of hydrogen-bond acceptors (Lipinski definition) is 4. The number of hydrogen-bond donors (Lipinski definition) is 1. The average molecular weight is 237 g/mol. The topological polar surface area (TPSA) is 38.9 Å². The minimum atomic E-state index is 0. The second-order valence-corrected chi connectivity index (χ2v) is 4.65. The summed E-state index contributed by atoms with van der Waals surface area (Å²) >= 11 is 0. The van der Waals surface area contributed by atoms with Crippen molar-refractivity contribution in [2.75, 3.05) is 12.3 Å². The first kappa shape index (κ1) is 13.1. The van der Waals surface area contributed by atoms with Crippen molar-refractivity contribution >= 4 is 34.0 Å². The summed E-state index contributed by atoms with van der Waals surface area (Å²) in [4.78, 5) is 4.19. The Hall–Kier alpha value is 0.1000. The average Bonchev–Trinajstić information content (AvgIpc) is 2.14. The van der Waals surface area contributed by atoms with Gasteiger partial charge in [-0.05, 0) is 35.9 Å². The molecule has 5 heteroatoms. The van der Waals surface area contributed by atoms with Crippen LogP contribution in [0.3, 0.4) is 0 Å². The van der Waals surface area contributed by atoms with Crippen molar-refractivity contribution < 1.29 is 0 Å². The maximum Gasteiger partial charge on any atom is 0.106 e. The van der Waals surface area contributed by atoms with Gasteiger partial charge in [-0.1, -0.05) is 16.9 Å². The molecule has 0 aliphatic carbocycles. The highest BCUT2D eigenvalue weighted by Gasteiger charge is 1.93. The van der Waals surface area contributed by atoms with Gasteiger partial charge in [0.25, 0.3) is 0 Å². The van der Waals surface area contributed by atoms with Crippen LogP contribution in [0.4, 0.5) is 0 Å². The molecule has 0 aliphatic rings. The summed E-state index contributed by atoms with van der Waals surface area (Å²) in [6.07, 6.45) is 2.89. The molecule has 0 bridgehead atoms. The first-order chi connectivity index (χ1) is 5.93. The van der Waals surface area contributed by atoms with E-state index in [1.807, 2.05) is 24.4 Å². The molecule has 1 heterocycles. The van der Waals surface area contributed by atoms with Crippen LogP contribution >= 0.6 is 34.0 Å². The zero-order chi connectivity index (χ0) is 8.65. The Labute approximate surface area is 92.9 Å². The molecule has 74 valence electrons. The summed E-state index contributed by atoms with van der Waals surface area (Å²) < 4.78 is 0. The van der Waals surface area contributed by atoms with Gasteiger partial charge in [-0.15, -0.1) is 12.4 Å². The molecule has 0 atom stereocenters. The molecule has 0 spiro atoms. The van der Waals surface area contributed by atoms with Gasteiger partial charge in [0.1, 0.15) is 5.03 Å². The zero-order valence-electron chi connectivity index (χ0n) is 7.18. The monoisotopic (exact) mass is 236 g/mol. The van der Waals surface area contributed by atoms with Gasteiger partial charge in [-0.3, -0.25) is 0 Å². The van der Waals surface area contributed by atoms with Crippen molar-refractivity contribution in [2.24, 2.45) is 5.73 Å². The lowest BCUT2D eigenvalue weighted by atomic mass is 10.5. The molecule has 1 rings (SSSR count). The van der Waals surface area contributed by atoms with Crippen LogP contribution in [-0.2, 0) is 0 Å². The van der Waals surface area contributed by atoms with Crippen molar-refractivity contribution in [3.05, 3.63) is 24.4 Å². The van der Waals surface area contributed by atoms with Gasteiger partial charge in [-0.2, -0.15) is 0 Å². The summed E-state index contributed by atoms with van der Waals surface area (Å²) in [5.41, 5.74) is 5.37. The Morgan fingerprint density at radius 2 is 2.23 bits per heavy atom. The van der Waals surface area contributed by atoms with Gasteiger partial charge in [-0.25, -0.2) is 4.98 Å². The largest absolute Gasteiger partial charge is 0.330 e. The lowest BCUT2D eigenvalue weighted by Gasteiger charge is -1.97. The molecule has 1 aromatic heterocycles. The maximum atomic E-state index is 5.37. The van der Waals surface area contributed by atoms with Crippen LogP contribution in [0.1, 0.15) is 6.42 Å². The van der Waals surface area contributed by atoms with E-state index in [0.717, 1.165) is 23.7 Å². The Morgan fingerprint density at radius 3 is 2.85 bits per heavy atom. The third-order valence-corrected chi connectivity index (χ3v) is 3.57. The lowest BCUT2D eigenvalue weighted by Crippen LogP contribution is -1.98. The van der Waals surface area contributed by atoms with E-state index in [1.54, 1.807) is 21.6 Å². The molecule has 0 saturated carbocycles. The third-order valence-electron chi connectivity index (χ3n) is 1.21. The summed E-state index contributed by atoms with van der Waals surface area (Å²) in [7, 11) is 3.52. The van der Waals surface area contributed by atoms with Gasteiger partial charge in [0.05, 0.1) is 0 Å². The Morgan fingerprint density at radius 1 is 1.38 bits per heavy atom. The molecule has 0 fully saturated rings. The Balaban J connectivity index is 0.00000144. The Kier molecular flexibility index (Phi) is 8.75. The van der Waals surface area contributed by atoms with E-state index in [1.165, 1.54) is 0 Å². The van der Waals surface area contributed by atoms with Gasteiger partial charge < -0.3 is 5.73 Å². The summed E-state index contributed by atoms with van der Waals surface area (Å²) in [5, 5.41) is 1.07. The van der Waals surface area contributed by atoms with E-state index in [2.05, 4.69) is 4.98 Å². The number of nitrogens with zero attached hydrogens (tertiary/aromatic N) is 1.